The van der Waals surface area contributed by atoms with Crippen molar-refractivity contribution in [2.45, 2.75) is 46.2 Å². The van der Waals surface area contributed by atoms with Gasteiger partial charge in [0.15, 0.2) is 4.96 Å². The van der Waals surface area contributed by atoms with Crippen LogP contribution in [0.5, 0.6) is 0 Å². The Hall–Kier alpha value is -0.910. The van der Waals surface area contributed by atoms with Gasteiger partial charge in [-0.1, -0.05) is 13.8 Å². The van der Waals surface area contributed by atoms with E-state index in [1.165, 1.54) is 31.6 Å². The highest BCUT2D eigenvalue weighted by Crippen LogP contribution is 2.19. The number of aromatic nitrogens is 2. The molecule has 1 aliphatic rings. The van der Waals surface area contributed by atoms with Crippen molar-refractivity contribution in [3.05, 3.63) is 23.0 Å². The van der Waals surface area contributed by atoms with Crippen LogP contribution in [0.15, 0.2) is 11.6 Å². The van der Waals surface area contributed by atoms with Crippen molar-refractivity contribution in [3.63, 3.8) is 0 Å². The molecule has 2 aromatic rings. The van der Waals surface area contributed by atoms with Gasteiger partial charge >= 0.3 is 0 Å². The number of hydrogen-bond acceptors (Lipinski definition) is 4. The molecule has 3 heterocycles. The Labute approximate surface area is 131 Å². The minimum absolute atomic E-state index is 0.652. The standard InChI is InChI=1S/C16H26N4S/c1-12(2)14(19-6-4-5-7-19)10-17-11-15-13(3)18-16-20(15)8-9-21-16/h8-9,12,14,17H,4-7,10-11H2,1-3H3. The molecule has 0 radical (unpaired) electrons. The highest BCUT2D eigenvalue weighted by molar-refractivity contribution is 7.15. The fraction of sp³-hybridized carbons (Fsp3) is 0.688. The molecular weight excluding hydrogens is 280 g/mol. The smallest absolute Gasteiger partial charge is 0.194 e. The molecule has 2 aromatic heterocycles. The number of thiazole rings is 1. The lowest BCUT2D eigenvalue weighted by molar-refractivity contribution is 0.186. The van der Waals surface area contributed by atoms with E-state index < -0.39 is 0 Å². The van der Waals surface area contributed by atoms with E-state index in [4.69, 9.17) is 0 Å². The van der Waals surface area contributed by atoms with Crippen molar-refractivity contribution < 1.29 is 0 Å². The number of rotatable bonds is 6. The third-order valence-corrected chi connectivity index (χ3v) is 5.34. The number of hydrogen-bond donors (Lipinski definition) is 1. The Bertz CT molecular complexity index is 580. The average molecular weight is 306 g/mol. The van der Waals surface area contributed by atoms with Crippen LogP contribution in [0.25, 0.3) is 4.96 Å². The van der Waals surface area contributed by atoms with Crippen molar-refractivity contribution in [2.75, 3.05) is 19.6 Å². The number of imidazole rings is 1. The second kappa shape index (κ2) is 6.46. The SMILES string of the molecule is Cc1nc2sccn2c1CNCC(C(C)C)N1CCCC1. The van der Waals surface area contributed by atoms with Gasteiger partial charge in [0.05, 0.1) is 11.4 Å². The molecule has 0 saturated carbocycles. The van der Waals surface area contributed by atoms with Gasteiger partial charge in [-0.25, -0.2) is 4.98 Å². The highest BCUT2D eigenvalue weighted by Gasteiger charge is 2.24. The summed E-state index contributed by atoms with van der Waals surface area (Å²) in [4.78, 5) is 8.37. The summed E-state index contributed by atoms with van der Waals surface area (Å²) in [5.74, 6) is 0.698. The monoisotopic (exact) mass is 306 g/mol. The molecule has 0 amide bonds. The van der Waals surface area contributed by atoms with Crippen molar-refractivity contribution in [3.8, 4) is 0 Å². The van der Waals surface area contributed by atoms with E-state index in [9.17, 15) is 0 Å². The summed E-state index contributed by atoms with van der Waals surface area (Å²) in [6.07, 6.45) is 4.85. The number of nitrogens with zero attached hydrogens (tertiary/aromatic N) is 3. The van der Waals surface area contributed by atoms with Gasteiger partial charge in [-0.2, -0.15) is 0 Å². The molecule has 1 aliphatic heterocycles. The van der Waals surface area contributed by atoms with Crippen LogP contribution in [0.3, 0.4) is 0 Å². The van der Waals surface area contributed by atoms with Crippen LogP contribution in [0.4, 0.5) is 0 Å². The van der Waals surface area contributed by atoms with E-state index in [2.05, 4.69) is 51.9 Å². The quantitative estimate of drug-likeness (QED) is 0.890. The Morgan fingerprint density at radius 1 is 1.33 bits per heavy atom. The first kappa shape index (κ1) is 15.0. The summed E-state index contributed by atoms with van der Waals surface area (Å²) in [6.45, 7) is 11.3. The predicted octanol–water partition coefficient (Wildman–Crippen LogP) is 2.91. The van der Waals surface area contributed by atoms with Crippen molar-refractivity contribution in [1.29, 1.82) is 0 Å². The predicted molar refractivity (Wildman–Crippen MR) is 88.9 cm³/mol. The fourth-order valence-corrected chi connectivity index (χ4v) is 4.13. The lowest BCUT2D eigenvalue weighted by Crippen LogP contribution is -2.44. The average Bonchev–Trinajstić information content (AvgIpc) is 3.13. The molecule has 0 bridgehead atoms. The van der Waals surface area contributed by atoms with Gasteiger partial charge in [-0.3, -0.25) is 9.30 Å². The largest absolute Gasteiger partial charge is 0.310 e. The zero-order valence-corrected chi connectivity index (χ0v) is 14.1. The summed E-state index contributed by atoms with van der Waals surface area (Å²) in [6, 6.07) is 0.652. The number of fused-ring (bicyclic) bond motifs is 1. The van der Waals surface area contributed by atoms with E-state index in [1.807, 2.05) is 0 Å². The first-order valence-electron chi connectivity index (χ1n) is 8.02. The first-order valence-corrected chi connectivity index (χ1v) is 8.90. The summed E-state index contributed by atoms with van der Waals surface area (Å²) in [5.41, 5.74) is 2.45. The topological polar surface area (TPSA) is 32.6 Å². The number of likely N-dealkylation sites (tertiary alicyclic amines) is 1. The maximum absolute atomic E-state index is 4.61. The van der Waals surface area contributed by atoms with Gasteiger partial charge < -0.3 is 5.32 Å². The van der Waals surface area contributed by atoms with Crippen molar-refractivity contribution in [1.82, 2.24) is 19.6 Å². The van der Waals surface area contributed by atoms with E-state index in [0.717, 1.165) is 23.7 Å². The minimum atomic E-state index is 0.652. The third kappa shape index (κ3) is 3.15. The second-order valence-electron chi connectivity index (χ2n) is 6.38. The minimum Gasteiger partial charge on any atom is -0.310 e. The van der Waals surface area contributed by atoms with Crippen LogP contribution < -0.4 is 5.32 Å². The molecule has 1 N–H and O–H groups in total. The van der Waals surface area contributed by atoms with Gasteiger partial charge in [-0.15, -0.1) is 11.3 Å². The molecule has 21 heavy (non-hydrogen) atoms. The molecular formula is C16H26N4S. The molecule has 4 nitrogen and oxygen atoms in total. The lowest BCUT2D eigenvalue weighted by atomic mass is 10.0. The van der Waals surface area contributed by atoms with E-state index >= 15 is 0 Å². The molecule has 0 spiro atoms. The second-order valence-corrected chi connectivity index (χ2v) is 7.26. The van der Waals surface area contributed by atoms with Gasteiger partial charge in [0.2, 0.25) is 0 Å². The van der Waals surface area contributed by atoms with Gasteiger partial charge in [-0.05, 0) is 38.8 Å². The van der Waals surface area contributed by atoms with Crippen molar-refractivity contribution in [2.24, 2.45) is 5.92 Å². The van der Waals surface area contributed by atoms with Gasteiger partial charge in [0.1, 0.15) is 0 Å². The van der Waals surface area contributed by atoms with Crippen LogP contribution in [-0.4, -0.2) is 40.0 Å². The van der Waals surface area contributed by atoms with Crippen LogP contribution in [0.2, 0.25) is 0 Å². The van der Waals surface area contributed by atoms with E-state index in [1.54, 1.807) is 11.3 Å². The maximum Gasteiger partial charge on any atom is 0.194 e. The van der Waals surface area contributed by atoms with Crippen LogP contribution in [-0.2, 0) is 6.54 Å². The van der Waals surface area contributed by atoms with Crippen LogP contribution >= 0.6 is 11.3 Å². The molecule has 5 heteroatoms. The normalized spacial score (nSPS) is 18.1. The maximum atomic E-state index is 4.61. The number of nitrogens with one attached hydrogen (secondary N) is 1. The first-order chi connectivity index (χ1) is 10.2. The Morgan fingerprint density at radius 2 is 2.10 bits per heavy atom. The molecule has 1 fully saturated rings. The summed E-state index contributed by atoms with van der Waals surface area (Å²) < 4.78 is 2.22. The Balaban J connectivity index is 1.61. The molecule has 0 aromatic carbocycles. The summed E-state index contributed by atoms with van der Waals surface area (Å²) in [5, 5.41) is 5.77. The highest BCUT2D eigenvalue weighted by atomic mass is 32.1. The van der Waals surface area contributed by atoms with Crippen LogP contribution in [0.1, 0.15) is 38.1 Å². The molecule has 116 valence electrons. The van der Waals surface area contributed by atoms with E-state index in [0.29, 0.717) is 12.0 Å². The van der Waals surface area contributed by atoms with Gasteiger partial charge in [0.25, 0.3) is 0 Å². The van der Waals surface area contributed by atoms with Crippen LogP contribution in [0, 0.1) is 12.8 Å². The van der Waals surface area contributed by atoms with Gasteiger partial charge in [0, 0.05) is 30.7 Å². The summed E-state index contributed by atoms with van der Waals surface area (Å²) in [7, 11) is 0. The van der Waals surface area contributed by atoms with E-state index in [-0.39, 0.29) is 0 Å². The molecule has 1 unspecified atom stereocenters. The zero-order valence-electron chi connectivity index (χ0n) is 13.3. The number of aryl methyl sites for hydroxylation is 1. The molecule has 0 aliphatic carbocycles. The molecule has 1 atom stereocenters. The summed E-state index contributed by atoms with van der Waals surface area (Å²) >= 11 is 1.70. The van der Waals surface area contributed by atoms with Crippen molar-refractivity contribution >= 4 is 16.3 Å². The third-order valence-electron chi connectivity index (χ3n) is 4.59. The molecule has 3 rings (SSSR count). The fourth-order valence-electron chi connectivity index (χ4n) is 3.35. The Kier molecular flexibility index (Phi) is 4.62. The Morgan fingerprint density at radius 3 is 2.81 bits per heavy atom. The molecule has 1 saturated heterocycles. The zero-order chi connectivity index (χ0) is 14.8. The lowest BCUT2D eigenvalue weighted by Gasteiger charge is -2.31.